The van der Waals surface area contributed by atoms with E-state index in [2.05, 4.69) is 20.0 Å². The summed E-state index contributed by atoms with van der Waals surface area (Å²) in [5, 5.41) is 3.53. The molecule has 1 amide bonds. The van der Waals surface area contributed by atoms with E-state index in [1.807, 2.05) is 32.0 Å². The van der Waals surface area contributed by atoms with Gasteiger partial charge in [0, 0.05) is 22.0 Å². The third-order valence-electron chi connectivity index (χ3n) is 4.04. The predicted molar refractivity (Wildman–Crippen MR) is 118 cm³/mol. The Labute approximate surface area is 184 Å². The summed E-state index contributed by atoms with van der Waals surface area (Å²) in [6.07, 6.45) is 0. The third kappa shape index (κ3) is 5.37. The highest BCUT2D eigenvalue weighted by Crippen LogP contribution is 2.27. The van der Waals surface area contributed by atoms with Crippen LogP contribution in [0.5, 0.6) is 0 Å². The van der Waals surface area contributed by atoms with Crippen molar-refractivity contribution < 1.29 is 13.2 Å². The number of anilines is 1. The average molecular weight is 463 g/mol. The first-order valence-electron chi connectivity index (χ1n) is 8.82. The monoisotopic (exact) mass is 462 g/mol. The Kier molecular flexibility index (Phi) is 6.77. The highest BCUT2D eigenvalue weighted by Gasteiger charge is 2.17. The van der Waals surface area contributed by atoms with Gasteiger partial charge in [0.25, 0.3) is 5.91 Å². The summed E-state index contributed by atoms with van der Waals surface area (Å²) in [6.45, 7) is 3.83. The number of hydrogen-bond acceptors (Lipinski definition) is 6. The number of carbonyl (C=O) groups excluding carboxylic acids is 1. The van der Waals surface area contributed by atoms with Crippen molar-refractivity contribution in [2.45, 2.75) is 28.8 Å². The molecule has 0 atom stereocenters. The van der Waals surface area contributed by atoms with E-state index in [0.29, 0.717) is 10.8 Å². The zero-order chi connectivity index (χ0) is 21.9. The van der Waals surface area contributed by atoms with Crippen LogP contribution in [-0.2, 0) is 10.0 Å². The van der Waals surface area contributed by atoms with E-state index in [9.17, 15) is 13.2 Å². The van der Waals surface area contributed by atoms with E-state index in [-0.39, 0.29) is 15.5 Å². The number of nitrogens with one attached hydrogen (secondary N) is 2. The van der Waals surface area contributed by atoms with Crippen LogP contribution >= 0.6 is 23.4 Å². The molecule has 30 heavy (non-hydrogen) atoms. The van der Waals surface area contributed by atoms with Crippen molar-refractivity contribution in [3.8, 4) is 0 Å². The molecule has 3 rings (SSSR count). The number of nitrogens with zero attached hydrogens (tertiary/aromatic N) is 2. The molecule has 0 bridgehead atoms. The smallest absolute Gasteiger partial charge is 0.257 e. The molecule has 1 aromatic heterocycles. The maximum atomic E-state index is 12.6. The first kappa shape index (κ1) is 22.2. The van der Waals surface area contributed by atoms with Crippen LogP contribution in [0.15, 0.2) is 63.5 Å². The topological polar surface area (TPSA) is 101 Å². The molecule has 0 spiro atoms. The van der Waals surface area contributed by atoms with Crippen LogP contribution in [0.2, 0.25) is 5.02 Å². The first-order valence-corrected chi connectivity index (χ1v) is 11.5. The molecule has 0 radical (unpaired) electrons. The van der Waals surface area contributed by atoms with Crippen LogP contribution < -0.4 is 10.0 Å². The normalized spacial score (nSPS) is 11.3. The van der Waals surface area contributed by atoms with Gasteiger partial charge in [-0.2, -0.15) is 0 Å². The summed E-state index contributed by atoms with van der Waals surface area (Å²) >= 11 is 7.52. The third-order valence-corrected chi connectivity index (χ3v) is 6.66. The van der Waals surface area contributed by atoms with Crippen molar-refractivity contribution in [3.63, 3.8) is 0 Å². The van der Waals surface area contributed by atoms with Gasteiger partial charge in [0.15, 0.2) is 5.16 Å². The maximum Gasteiger partial charge on any atom is 0.257 e. The zero-order valence-electron chi connectivity index (χ0n) is 16.4. The second-order valence-electron chi connectivity index (χ2n) is 6.36. The second kappa shape index (κ2) is 9.13. The Morgan fingerprint density at radius 3 is 2.23 bits per heavy atom. The lowest BCUT2D eigenvalue weighted by Crippen LogP contribution is -2.20. The van der Waals surface area contributed by atoms with E-state index >= 15 is 0 Å². The molecular formula is C20H19ClN4O3S2. The minimum atomic E-state index is -3.69. The van der Waals surface area contributed by atoms with E-state index in [1.165, 1.54) is 37.0 Å². The van der Waals surface area contributed by atoms with Crippen LogP contribution in [0.25, 0.3) is 0 Å². The van der Waals surface area contributed by atoms with Crippen LogP contribution in [0.3, 0.4) is 0 Å². The van der Waals surface area contributed by atoms with Gasteiger partial charge < -0.3 is 5.32 Å². The van der Waals surface area contributed by atoms with Gasteiger partial charge in [0.1, 0.15) is 0 Å². The molecule has 0 aliphatic heterocycles. The molecule has 10 heteroatoms. The number of aromatic nitrogens is 2. The lowest BCUT2D eigenvalue weighted by molar-refractivity contribution is 0.102. The number of halogens is 1. The minimum Gasteiger partial charge on any atom is -0.322 e. The second-order valence-corrected chi connectivity index (χ2v) is 9.70. The summed E-state index contributed by atoms with van der Waals surface area (Å²) in [7, 11) is -2.39. The van der Waals surface area contributed by atoms with Crippen LogP contribution in [0.1, 0.15) is 21.7 Å². The highest BCUT2D eigenvalue weighted by atomic mass is 35.5. The Bertz CT molecular complexity index is 1180. The number of carbonyl (C=O) groups is 1. The standard InChI is InChI=1S/C20H19ClN4O3S2/c1-12-10-13(2)24-20(23-12)29-15-6-4-14(5-7-15)25-19(26)17-11-16(8-9-18(17)21)30(27,28)22-3/h4-11,22H,1-3H3,(H,25,26). The largest absolute Gasteiger partial charge is 0.322 e. The van der Waals surface area contributed by atoms with Crippen molar-refractivity contribution in [3.05, 3.63) is 70.5 Å². The van der Waals surface area contributed by atoms with Crippen LogP contribution in [0, 0.1) is 13.8 Å². The van der Waals surface area contributed by atoms with E-state index < -0.39 is 15.9 Å². The molecule has 0 aliphatic carbocycles. The molecule has 7 nitrogen and oxygen atoms in total. The maximum absolute atomic E-state index is 12.6. The molecule has 0 fully saturated rings. The minimum absolute atomic E-state index is 0.0419. The number of benzene rings is 2. The van der Waals surface area contributed by atoms with Crippen molar-refractivity contribution >= 4 is 45.0 Å². The average Bonchev–Trinajstić information content (AvgIpc) is 2.69. The SMILES string of the molecule is CNS(=O)(=O)c1ccc(Cl)c(C(=O)Nc2ccc(Sc3nc(C)cc(C)n3)cc2)c1. The van der Waals surface area contributed by atoms with Crippen molar-refractivity contribution in [2.75, 3.05) is 12.4 Å². The number of hydrogen-bond donors (Lipinski definition) is 2. The molecule has 0 unspecified atom stereocenters. The Morgan fingerprint density at radius 1 is 1.00 bits per heavy atom. The van der Waals surface area contributed by atoms with Gasteiger partial charge in [0.05, 0.1) is 15.5 Å². The highest BCUT2D eigenvalue weighted by molar-refractivity contribution is 7.99. The fourth-order valence-electron chi connectivity index (χ4n) is 2.61. The summed E-state index contributed by atoms with van der Waals surface area (Å²) in [6, 6.07) is 13.0. The van der Waals surface area contributed by atoms with E-state index in [1.54, 1.807) is 12.1 Å². The van der Waals surface area contributed by atoms with Gasteiger partial charge in [-0.05, 0) is 81.2 Å². The molecule has 1 heterocycles. The number of aryl methyl sites for hydroxylation is 2. The van der Waals surface area contributed by atoms with Gasteiger partial charge in [-0.3, -0.25) is 4.79 Å². The quantitative estimate of drug-likeness (QED) is 0.536. The lowest BCUT2D eigenvalue weighted by atomic mass is 10.2. The summed E-state index contributed by atoms with van der Waals surface area (Å²) in [5.41, 5.74) is 2.40. The van der Waals surface area contributed by atoms with Crippen molar-refractivity contribution in [1.82, 2.24) is 14.7 Å². The number of sulfonamides is 1. The van der Waals surface area contributed by atoms with Crippen molar-refractivity contribution in [1.29, 1.82) is 0 Å². The fraction of sp³-hybridized carbons (Fsp3) is 0.150. The van der Waals surface area contributed by atoms with Crippen LogP contribution in [-0.4, -0.2) is 31.3 Å². The molecule has 0 saturated carbocycles. The molecule has 2 N–H and O–H groups in total. The Hall–Kier alpha value is -2.46. The van der Waals surface area contributed by atoms with Crippen LogP contribution in [0.4, 0.5) is 5.69 Å². The Balaban J connectivity index is 1.75. The zero-order valence-corrected chi connectivity index (χ0v) is 18.8. The van der Waals surface area contributed by atoms with Gasteiger partial charge >= 0.3 is 0 Å². The first-order chi connectivity index (χ1) is 14.2. The predicted octanol–water partition coefficient (Wildman–Crippen LogP) is 4.06. The van der Waals surface area contributed by atoms with E-state index in [0.717, 1.165) is 16.3 Å². The molecular weight excluding hydrogens is 444 g/mol. The number of amides is 1. The summed E-state index contributed by atoms with van der Waals surface area (Å²) < 4.78 is 26.2. The summed E-state index contributed by atoms with van der Waals surface area (Å²) in [4.78, 5) is 22.3. The van der Waals surface area contributed by atoms with E-state index in [4.69, 9.17) is 11.6 Å². The fourth-order valence-corrected chi connectivity index (χ4v) is 4.43. The number of rotatable bonds is 6. The molecule has 0 aliphatic rings. The van der Waals surface area contributed by atoms with Gasteiger partial charge in [-0.25, -0.2) is 23.1 Å². The molecule has 156 valence electrons. The van der Waals surface area contributed by atoms with Crippen molar-refractivity contribution in [2.24, 2.45) is 0 Å². The van der Waals surface area contributed by atoms with Gasteiger partial charge in [0.2, 0.25) is 10.0 Å². The summed E-state index contributed by atoms with van der Waals surface area (Å²) in [5.74, 6) is -0.508. The lowest BCUT2D eigenvalue weighted by Gasteiger charge is -2.10. The molecule has 0 saturated heterocycles. The molecule has 2 aromatic carbocycles. The van der Waals surface area contributed by atoms with Gasteiger partial charge in [-0.1, -0.05) is 11.6 Å². The Morgan fingerprint density at radius 2 is 1.63 bits per heavy atom. The van der Waals surface area contributed by atoms with Gasteiger partial charge in [-0.15, -0.1) is 0 Å². The molecule has 3 aromatic rings.